The number of hydrogen-bond acceptors (Lipinski definition) is 4. The van der Waals surface area contributed by atoms with E-state index in [-0.39, 0.29) is 5.91 Å². The van der Waals surface area contributed by atoms with Gasteiger partial charge in [-0.3, -0.25) is 4.79 Å². The van der Waals surface area contributed by atoms with Gasteiger partial charge in [-0.1, -0.05) is 60.7 Å². The Hall–Kier alpha value is -3.99. The molecule has 3 aromatic rings. The first-order valence-electron chi connectivity index (χ1n) is 12.5. The molecule has 1 saturated heterocycles. The third-order valence-electron chi connectivity index (χ3n) is 6.99. The molecule has 3 aromatic carbocycles. The van der Waals surface area contributed by atoms with Crippen molar-refractivity contribution in [2.24, 2.45) is 0 Å². The molecule has 1 heterocycles. The van der Waals surface area contributed by atoms with Crippen LogP contribution in [0.4, 0.5) is 0 Å². The van der Waals surface area contributed by atoms with Gasteiger partial charge in [0.15, 0.2) is 0 Å². The molecule has 0 bridgehead atoms. The summed E-state index contributed by atoms with van der Waals surface area (Å²) in [5.41, 5.74) is 8.20. The average molecular weight is 481 g/mol. The topological polar surface area (TPSA) is 50.8 Å². The summed E-state index contributed by atoms with van der Waals surface area (Å²) in [6.45, 7) is 2.28. The summed E-state index contributed by atoms with van der Waals surface area (Å²) < 4.78 is 10.7. The molecule has 5 nitrogen and oxygen atoms in total. The van der Waals surface area contributed by atoms with E-state index < -0.39 is 0 Å². The fraction of sp³-hybridized carbons (Fsp3) is 0.258. The van der Waals surface area contributed by atoms with Crippen LogP contribution in [0.3, 0.4) is 0 Å². The van der Waals surface area contributed by atoms with Gasteiger partial charge in [0.05, 0.1) is 19.8 Å². The number of hydrogen-bond donors (Lipinski definition) is 1. The van der Waals surface area contributed by atoms with Crippen molar-refractivity contribution in [1.29, 1.82) is 0 Å². The Balaban J connectivity index is 1.41. The third-order valence-corrected chi connectivity index (χ3v) is 6.99. The van der Waals surface area contributed by atoms with Crippen LogP contribution in [0.1, 0.15) is 51.9 Å². The molecular formula is C31H32N2O3. The van der Waals surface area contributed by atoms with Crippen molar-refractivity contribution >= 4 is 23.6 Å². The normalized spacial score (nSPS) is 14.6. The van der Waals surface area contributed by atoms with Gasteiger partial charge in [-0.15, -0.1) is 0 Å². The Kier molecular flexibility index (Phi) is 7.08. The summed E-state index contributed by atoms with van der Waals surface area (Å²) in [6, 6.07) is 22.5. The number of rotatable bonds is 6. The molecule has 0 unspecified atom stereocenters. The lowest BCUT2D eigenvalue weighted by atomic mass is 9.89. The number of amides is 1. The van der Waals surface area contributed by atoms with Crippen molar-refractivity contribution in [2.75, 3.05) is 33.9 Å². The molecule has 1 fully saturated rings. The predicted molar refractivity (Wildman–Crippen MR) is 145 cm³/mol. The van der Waals surface area contributed by atoms with Gasteiger partial charge < -0.3 is 19.7 Å². The fourth-order valence-corrected chi connectivity index (χ4v) is 5.18. The van der Waals surface area contributed by atoms with Gasteiger partial charge in [0, 0.05) is 37.0 Å². The van der Waals surface area contributed by atoms with Crippen LogP contribution in [0.25, 0.3) is 17.7 Å². The van der Waals surface area contributed by atoms with Crippen molar-refractivity contribution in [3.63, 3.8) is 0 Å². The van der Waals surface area contributed by atoms with Gasteiger partial charge in [0.1, 0.15) is 11.5 Å². The average Bonchev–Trinajstić information content (AvgIpc) is 3.10. The van der Waals surface area contributed by atoms with Gasteiger partial charge in [0.2, 0.25) is 0 Å². The molecule has 0 radical (unpaired) electrons. The van der Waals surface area contributed by atoms with E-state index in [1.165, 1.54) is 39.9 Å². The molecule has 0 aromatic heterocycles. The molecular weight excluding hydrogens is 448 g/mol. The summed E-state index contributed by atoms with van der Waals surface area (Å²) >= 11 is 0. The zero-order valence-corrected chi connectivity index (χ0v) is 20.9. The third kappa shape index (κ3) is 4.74. The van der Waals surface area contributed by atoms with Crippen molar-refractivity contribution in [1.82, 2.24) is 10.2 Å². The van der Waals surface area contributed by atoms with Crippen LogP contribution in [0.15, 0.2) is 72.4 Å². The van der Waals surface area contributed by atoms with Crippen molar-refractivity contribution < 1.29 is 14.3 Å². The summed E-state index contributed by atoms with van der Waals surface area (Å²) in [5.74, 6) is 1.02. The van der Waals surface area contributed by atoms with E-state index in [9.17, 15) is 4.79 Å². The molecule has 1 N–H and O–H groups in total. The second-order valence-electron chi connectivity index (χ2n) is 9.10. The molecule has 0 saturated carbocycles. The second kappa shape index (κ2) is 10.7. The monoisotopic (exact) mass is 480 g/mol. The van der Waals surface area contributed by atoms with Crippen LogP contribution in [-0.4, -0.2) is 44.7 Å². The van der Waals surface area contributed by atoms with Crippen LogP contribution >= 0.6 is 0 Å². The minimum absolute atomic E-state index is 0.143. The largest absolute Gasteiger partial charge is 0.497 e. The van der Waals surface area contributed by atoms with E-state index in [0.29, 0.717) is 23.6 Å². The molecule has 0 spiro atoms. The summed E-state index contributed by atoms with van der Waals surface area (Å²) in [4.78, 5) is 15.4. The summed E-state index contributed by atoms with van der Waals surface area (Å²) in [7, 11) is 3.16. The maximum absolute atomic E-state index is 13.0. The van der Waals surface area contributed by atoms with Gasteiger partial charge >= 0.3 is 0 Å². The minimum atomic E-state index is -0.143. The molecule has 1 aliphatic carbocycles. The zero-order valence-electron chi connectivity index (χ0n) is 20.9. The molecule has 1 aliphatic heterocycles. The van der Waals surface area contributed by atoms with Crippen LogP contribution in [0.5, 0.6) is 11.5 Å². The van der Waals surface area contributed by atoms with E-state index in [0.717, 1.165) is 25.9 Å². The zero-order chi connectivity index (χ0) is 24.9. The first-order chi connectivity index (χ1) is 17.7. The van der Waals surface area contributed by atoms with E-state index in [1.807, 2.05) is 0 Å². The maximum atomic E-state index is 13.0. The number of piperidine rings is 1. The van der Waals surface area contributed by atoms with E-state index >= 15 is 0 Å². The van der Waals surface area contributed by atoms with E-state index in [1.54, 1.807) is 32.4 Å². The Bertz CT molecular complexity index is 1270. The lowest BCUT2D eigenvalue weighted by Gasteiger charge is -2.34. The number of benzene rings is 3. The second-order valence-corrected chi connectivity index (χ2v) is 9.10. The summed E-state index contributed by atoms with van der Waals surface area (Å²) in [5, 5.41) is 3.10. The minimum Gasteiger partial charge on any atom is -0.497 e. The SMILES string of the molecule is COc1ccc(C(=O)NCCN2CCCCC2=C2c3ccccc3C=Cc3ccccc32)c(OC)c1. The van der Waals surface area contributed by atoms with Crippen LogP contribution < -0.4 is 14.8 Å². The number of nitrogens with one attached hydrogen (secondary N) is 1. The molecule has 36 heavy (non-hydrogen) atoms. The van der Waals surface area contributed by atoms with Gasteiger partial charge in [-0.05, 0) is 53.6 Å². The number of methoxy groups -OCH3 is 2. The maximum Gasteiger partial charge on any atom is 0.255 e. The Morgan fingerprint density at radius 2 is 1.58 bits per heavy atom. The molecule has 0 atom stereocenters. The van der Waals surface area contributed by atoms with E-state index in [4.69, 9.17) is 9.47 Å². The number of fused-ring (bicyclic) bond motifs is 2. The highest BCUT2D eigenvalue weighted by Gasteiger charge is 2.24. The molecule has 184 valence electrons. The highest BCUT2D eigenvalue weighted by Crippen LogP contribution is 2.39. The van der Waals surface area contributed by atoms with Gasteiger partial charge in [0.25, 0.3) is 5.91 Å². The summed E-state index contributed by atoms with van der Waals surface area (Å²) in [6.07, 6.45) is 7.79. The Morgan fingerprint density at radius 1 is 0.889 bits per heavy atom. The molecule has 1 amide bonds. The van der Waals surface area contributed by atoms with Gasteiger partial charge in [-0.25, -0.2) is 0 Å². The van der Waals surface area contributed by atoms with Crippen molar-refractivity contribution in [2.45, 2.75) is 19.3 Å². The van der Waals surface area contributed by atoms with E-state index in [2.05, 4.69) is 70.9 Å². The molecule has 5 heteroatoms. The number of carbonyl (C=O) groups is 1. The molecule has 2 aliphatic rings. The smallest absolute Gasteiger partial charge is 0.255 e. The predicted octanol–water partition coefficient (Wildman–Crippen LogP) is 5.86. The Morgan fingerprint density at radius 3 is 2.25 bits per heavy atom. The number of nitrogens with zero attached hydrogens (tertiary/aromatic N) is 1. The number of allylic oxidation sites excluding steroid dienone is 1. The number of carbonyl (C=O) groups excluding carboxylic acids is 1. The Labute approximate surface area is 213 Å². The first kappa shape index (κ1) is 23.7. The van der Waals surface area contributed by atoms with Crippen molar-refractivity contribution in [3.05, 3.63) is 100 Å². The molecule has 5 rings (SSSR count). The number of ether oxygens (including phenoxy) is 2. The lowest BCUT2D eigenvalue weighted by Crippen LogP contribution is -2.37. The standard InChI is InChI=1S/C31H32N2O3/c1-35-24-16-17-27(29(21-24)36-2)31(34)32-18-20-33-19-8-7-13-28(33)30-25-11-5-3-9-22(25)14-15-23-10-4-6-12-26(23)30/h3-6,9-12,14-17,21H,7-8,13,18-20H2,1-2H3,(H,32,34). The highest BCUT2D eigenvalue weighted by molar-refractivity contribution is 5.97. The van der Waals surface area contributed by atoms with Crippen LogP contribution in [0, 0.1) is 0 Å². The van der Waals surface area contributed by atoms with Gasteiger partial charge in [-0.2, -0.15) is 0 Å². The highest BCUT2D eigenvalue weighted by atomic mass is 16.5. The fourth-order valence-electron chi connectivity index (χ4n) is 5.18. The van der Waals surface area contributed by atoms with Crippen molar-refractivity contribution in [3.8, 4) is 11.5 Å². The van der Waals surface area contributed by atoms with Crippen LogP contribution in [0.2, 0.25) is 0 Å². The lowest BCUT2D eigenvalue weighted by molar-refractivity contribution is 0.0946. The van der Waals surface area contributed by atoms with Crippen LogP contribution in [-0.2, 0) is 0 Å². The quantitative estimate of drug-likeness (QED) is 0.375. The first-order valence-corrected chi connectivity index (χ1v) is 12.5. The number of likely N-dealkylation sites (tertiary alicyclic amines) is 1.